The smallest absolute Gasteiger partial charge is 0.110 e. The zero-order valence-corrected chi connectivity index (χ0v) is 8.03. The van der Waals surface area contributed by atoms with Crippen LogP contribution in [0.4, 0.5) is 0 Å². The Morgan fingerprint density at radius 2 is 2.14 bits per heavy atom. The predicted molar refractivity (Wildman–Crippen MR) is 56.9 cm³/mol. The largest absolute Gasteiger partial charge is 0.342 e. The van der Waals surface area contributed by atoms with Crippen LogP contribution in [0.15, 0.2) is 24.3 Å². The molecule has 3 rings (SSSR count). The molecule has 1 heterocycles. The summed E-state index contributed by atoms with van der Waals surface area (Å²) in [4.78, 5) is 7.90. The van der Waals surface area contributed by atoms with E-state index in [0.29, 0.717) is 5.92 Å². The van der Waals surface area contributed by atoms with Crippen molar-refractivity contribution >= 4 is 11.0 Å². The lowest BCUT2D eigenvalue weighted by molar-refractivity contribution is 0.686. The number of rotatable bonds is 2. The van der Waals surface area contributed by atoms with Crippen LogP contribution in [0.2, 0.25) is 0 Å². The van der Waals surface area contributed by atoms with Crippen LogP contribution >= 0.6 is 0 Å². The molecule has 1 N–H and O–H groups in total. The average Bonchev–Trinajstić information content (AvgIpc) is 2.95. The summed E-state index contributed by atoms with van der Waals surface area (Å²) in [5.41, 5.74) is 2.17. The lowest BCUT2D eigenvalue weighted by Crippen LogP contribution is -1.97. The molecule has 1 aliphatic rings. The van der Waals surface area contributed by atoms with E-state index in [1.165, 1.54) is 12.8 Å². The van der Waals surface area contributed by atoms with Gasteiger partial charge in [0.25, 0.3) is 0 Å². The molecule has 1 atom stereocenters. The van der Waals surface area contributed by atoms with Crippen LogP contribution in [0.5, 0.6) is 0 Å². The van der Waals surface area contributed by atoms with Gasteiger partial charge < -0.3 is 4.98 Å². The molecule has 14 heavy (non-hydrogen) atoms. The number of aromatic amines is 1. The number of imidazole rings is 1. The van der Waals surface area contributed by atoms with Gasteiger partial charge in [0.05, 0.1) is 11.0 Å². The number of nitrogens with one attached hydrogen (secondary N) is 1. The van der Waals surface area contributed by atoms with E-state index in [2.05, 4.69) is 23.0 Å². The van der Waals surface area contributed by atoms with Gasteiger partial charge in [0.15, 0.2) is 0 Å². The third-order valence-electron chi connectivity index (χ3n) is 2.95. The highest BCUT2D eigenvalue weighted by Gasteiger charge is 2.30. The van der Waals surface area contributed by atoms with Crippen LogP contribution < -0.4 is 0 Å². The van der Waals surface area contributed by atoms with Crippen molar-refractivity contribution in [1.29, 1.82) is 0 Å². The zero-order valence-electron chi connectivity index (χ0n) is 8.03. The van der Waals surface area contributed by atoms with Gasteiger partial charge in [0.2, 0.25) is 0 Å². The van der Waals surface area contributed by atoms with E-state index in [1.54, 1.807) is 0 Å². The molecule has 2 nitrogen and oxygen atoms in total. The summed E-state index contributed by atoms with van der Waals surface area (Å²) in [6.07, 6.45) is 2.62. The van der Waals surface area contributed by atoms with E-state index in [9.17, 15) is 0 Å². The van der Waals surface area contributed by atoms with E-state index < -0.39 is 0 Å². The first kappa shape index (κ1) is 8.04. The minimum absolute atomic E-state index is 0.349. The van der Waals surface area contributed by atoms with Gasteiger partial charge in [-0.25, -0.2) is 4.98 Å². The Hall–Kier alpha value is -1.31. The molecule has 1 aromatic carbocycles. The van der Waals surface area contributed by atoms with Crippen molar-refractivity contribution in [2.45, 2.75) is 18.8 Å². The molecule has 1 unspecified atom stereocenters. The summed E-state index contributed by atoms with van der Waals surface area (Å²) in [6.45, 7) is 4.17. The second-order valence-corrected chi connectivity index (χ2v) is 4.08. The molecule has 0 saturated heterocycles. The summed E-state index contributed by atoms with van der Waals surface area (Å²) >= 11 is 0. The molecule has 1 saturated carbocycles. The number of para-hydroxylation sites is 2. The highest BCUT2D eigenvalue weighted by Crippen LogP contribution is 2.41. The third-order valence-corrected chi connectivity index (χ3v) is 2.95. The first-order valence-electron chi connectivity index (χ1n) is 5.12. The molecular weight excluding hydrogens is 172 g/mol. The number of hydrogen-bond donors (Lipinski definition) is 1. The van der Waals surface area contributed by atoms with E-state index >= 15 is 0 Å². The molecule has 0 bridgehead atoms. The van der Waals surface area contributed by atoms with Gasteiger partial charge in [-0.3, -0.25) is 0 Å². The number of H-pyrrole nitrogens is 1. The molecule has 2 aromatic rings. The van der Waals surface area contributed by atoms with Gasteiger partial charge in [-0.2, -0.15) is 0 Å². The third kappa shape index (κ3) is 1.22. The average molecular weight is 185 g/mol. The van der Waals surface area contributed by atoms with Crippen molar-refractivity contribution in [2.24, 2.45) is 5.92 Å². The van der Waals surface area contributed by atoms with Gasteiger partial charge in [0, 0.05) is 5.92 Å². The molecule has 1 fully saturated rings. The monoisotopic (exact) mass is 185 g/mol. The second-order valence-electron chi connectivity index (χ2n) is 4.08. The van der Waals surface area contributed by atoms with Gasteiger partial charge in [-0.05, 0) is 37.8 Å². The lowest BCUT2D eigenvalue weighted by atomic mass is 10.1. The fraction of sp³-hybridized carbons (Fsp3) is 0.333. The Morgan fingerprint density at radius 1 is 1.36 bits per heavy atom. The predicted octanol–water partition coefficient (Wildman–Crippen LogP) is 2.89. The first-order chi connectivity index (χ1) is 6.84. The molecule has 1 aliphatic carbocycles. The van der Waals surface area contributed by atoms with Crippen molar-refractivity contribution in [1.82, 2.24) is 9.97 Å². The van der Waals surface area contributed by atoms with Crippen molar-refractivity contribution in [2.75, 3.05) is 0 Å². The standard InChI is InChI=1S/C12H13N2/c1-8(9-6-7-9)12-13-10-4-2-3-5-11(10)14-12/h2-5,8-9H,1,6-7H2,(H,13,14). The Kier molecular flexibility index (Phi) is 1.63. The molecule has 0 amide bonds. The van der Waals surface area contributed by atoms with Crippen LogP contribution in [0.25, 0.3) is 11.0 Å². The number of fused-ring (bicyclic) bond motifs is 1. The molecule has 71 valence electrons. The van der Waals surface area contributed by atoms with Crippen molar-refractivity contribution in [3.63, 3.8) is 0 Å². The van der Waals surface area contributed by atoms with Crippen LogP contribution in [-0.2, 0) is 0 Å². The van der Waals surface area contributed by atoms with Crippen molar-refractivity contribution in [3.8, 4) is 0 Å². The van der Waals surface area contributed by atoms with E-state index in [0.717, 1.165) is 22.8 Å². The first-order valence-corrected chi connectivity index (χ1v) is 5.12. The maximum atomic E-state index is 4.56. The van der Waals surface area contributed by atoms with Crippen LogP contribution in [0.1, 0.15) is 24.6 Å². The molecule has 0 aliphatic heterocycles. The number of aromatic nitrogens is 2. The van der Waals surface area contributed by atoms with Crippen LogP contribution in [0.3, 0.4) is 0 Å². The summed E-state index contributed by atoms with van der Waals surface area (Å²) < 4.78 is 0. The minimum Gasteiger partial charge on any atom is -0.342 e. The highest BCUT2D eigenvalue weighted by molar-refractivity contribution is 5.74. The second kappa shape index (κ2) is 2.84. The fourth-order valence-electron chi connectivity index (χ4n) is 1.87. The van der Waals surface area contributed by atoms with E-state index in [-0.39, 0.29) is 0 Å². The minimum atomic E-state index is 0.349. The molecule has 1 aromatic heterocycles. The summed E-state index contributed by atoms with van der Waals surface area (Å²) in [6, 6.07) is 8.14. The Balaban J connectivity index is 2.04. The Labute approximate surface area is 83.4 Å². The van der Waals surface area contributed by atoms with E-state index in [4.69, 9.17) is 0 Å². The number of benzene rings is 1. The molecule has 0 spiro atoms. The summed E-state index contributed by atoms with van der Waals surface area (Å²) in [5, 5.41) is 0. The molecular formula is C12H13N2. The maximum Gasteiger partial charge on any atom is 0.110 e. The fourth-order valence-corrected chi connectivity index (χ4v) is 1.87. The maximum absolute atomic E-state index is 4.56. The zero-order chi connectivity index (χ0) is 9.54. The van der Waals surface area contributed by atoms with Gasteiger partial charge in [0.1, 0.15) is 5.82 Å². The van der Waals surface area contributed by atoms with Gasteiger partial charge >= 0.3 is 0 Å². The lowest BCUT2D eigenvalue weighted by Gasteiger charge is -2.03. The van der Waals surface area contributed by atoms with Crippen LogP contribution in [0, 0.1) is 12.8 Å². The highest BCUT2D eigenvalue weighted by atomic mass is 14.9. The molecule has 1 radical (unpaired) electrons. The Bertz CT molecular complexity index is 421. The topological polar surface area (TPSA) is 28.7 Å². The quantitative estimate of drug-likeness (QED) is 0.765. The number of nitrogens with zero attached hydrogens (tertiary/aromatic N) is 1. The normalized spacial score (nSPS) is 18.6. The SMILES string of the molecule is [CH2]C(c1nc2ccccc2[nH]1)C1CC1. The van der Waals surface area contributed by atoms with Gasteiger partial charge in [-0.15, -0.1) is 0 Å². The molecule has 2 heteroatoms. The van der Waals surface area contributed by atoms with E-state index in [1.807, 2.05) is 18.2 Å². The Morgan fingerprint density at radius 3 is 2.86 bits per heavy atom. The van der Waals surface area contributed by atoms with Crippen molar-refractivity contribution < 1.29 is 0 Å². The summed E-state index contributed by atoms with van der Waals surface area (Å²) in [7, 11) is 0. The van der Waals surface area contributed by atoms with Crippen molar-refractivity contribution in [3.05, 3.63) is 37.0 Å². The summed E-state index contributed by atoms with van der Waals surface area (Å²) in [5.74, 6) is 2.16. The van der Waals surface area contributed by atoms with Gasteiger partial charge in [-0.1, -0.05) is 12.1 Å². The number of hydrogen-bond acceptors (Lipinski definition) is 1. The van der Waals surface area contributed by atoms with Crippen LogP contribution in [-0.4, -0.2) is 9.97 Å².